The van der Waals surface area contributed by atoms with Gasteiger partial charge in [-0.3, -0.25) is 9.52 Å². The lowest BCUT2D eigenvalue weighted by atomic mass is 10.2. The first-order valence-corrected chi connectivity index (χ1v) is 13.6. The molecule has 226 valence electrons. The maximum absolute atomic E-state index is 12.7. The molecule has 0 fully saturated rings. The van der Waals surface area contributed by atoms with Gasteiger partial charge in [0.25, 0.3) is 10.2 Å². The Hall–Kier alpha value is -3.97. The zero-order valence-corrected chi connectivity index (χ0v) is 22.9. The molecule has 0 aromatic heterocycles. The third kappa shape index (κ3) is 16.1. The average Bonchev–Trinajstić information content (AvgIpc) is 2.84. The van der Waals surface area contributed by atoms with E-state index < -0.39 is 51.4 Å². The summed E-state index contributed by atoms with van der Waals surface area (Å²) in [6.45, 7) is 0.881. The summed E-state index contributed by atoms with van der Waals surface area (Å²) in [4.78, 5) is 54.9. The molecule has 0 aliphatic rings. The van der Waals surface area contributed by atoms with Crippen LogP contribution in [-0.2, 0) is 43.5 Å². The van der Waals surface area contributed by atoms with Gasteiger partial charge in [-0.05, 0) is 38.1 Å². The average molecular weight is 597 g/mol. The Bertz CT molecular complexity index is 1070. The van der Waals surface area contributed by atoms with E-state index >= 15 is 0 Å². The van der Waals surface area contributed by atoms with Crippen molar-refractivity contribution in [3.8, 4) is 5.75 Å². The minimum atomic E-state index is -3.47. The van der Waals surface area contributed by atoms with E-state index in [-0.39, 0.29) is 45.6 Å². The van der Waals surface area contributed by atoms with Gasteiger partial charge in [-0.2, -0.15) is 0 Å². The molecule has 1 atom stereocenters. The van der Waals surface area contributed by atoms with Gasteiger partial charge in [0.15, 0.2) is 6.10 Å². The maximum atomic E-state index is 12.7. The summed E-state index contributed by atoms with van der Waals surface area (Å²) in [6.07, 6.45) is -0.00748. The second-order valence-corrected chi connectivity index (χ2v) is 9.93. The Morgan fingerprint density at radius 1 is 0.950 bits per heavy atom. The van der Waals surface area contributed by atoms with Crippen LogP contribution in [0, 0.1) is 20.2 Å². The second kappa shape index (κ2) is 17.6. The van der Waals surface area contributed by atoms with Crippen molar-refractivity contribution >= 4 is 27.6 Å². The number of benzene rings is 1. The van der Waals surface area contributed by atoms with Gasteiger partial charge < -0.3 is 33.5 Å². The fourth-order valence-corrected chi connectivity index (χ4v) is 3.49. The number of carbonyl (C=O) groups is 2. The number of rotatable bonds is 21. The van der Waals surface area contributed by atoms with Crippen molar-refractivity contribution in [2.75, 3.05) is 63.8 Å². The van der Waals surface area contributed by atoms with Crippen LogP contribution in [0.25, 0.3) is 0 Å². The molecule has 0 heterocycles. The minimum absolute atomic E-state index is 0.130. The molecular formula is C21H32N4O14S. The molecule has 1 unspecified atom stereocenters. The van der Waals surface area contributed by atoms with Crippen molar-refractivity contribution in [3.05, 3.63) is 44.5 Å². The lowest BCUT2D eigenvalue weighted by Crippen LogP contribution is -2.47. The van der Waals surface area contributed by atoms with Gasteiger partial charge >= 0.3 is 5.97 Å². The van der Waals surface area contributed by atoms with E-state index in [1.54, 1.807) is 13.8 Å². The third-order valence-corrected chi connectivity index (χ3v) is 5.14. The summed E-state index contributed by atoms with van der Waals surface area (Å²) >= 11 is 0. The molecule has 0 bridgehead atoms. The van der Waals surface area contributed by atoms with E-state index in [1.165, 1.54) is 29.2 Å². The molecule has 19 heteroatoms. The molecule has 0 spiro atoms. The van der Waals surface area contributed by atoms with Crippen molar-refractivity contribution in [1.29, 1.82) is 0 Å². The van der Waals surface area contributed by atoms with E-state index in [2.05, 4.69) is 14.4 Å². The molecule has 0 aliphatic carbocycles. The van der Waals surface area contributed by atoms with Crippen LogP contribution in [0.5, 0.6) is 5.75 Å². The van der Waals surface area contributed by atoms with Gasteiger partial charge in [0.05, 0.1) is 26.0 Å². The molecular weight excluding hydrogens is 564 g/mol. The summed E-state index contributed by atoms with van der Waals surface area (Å²) in [6, 6.07) is 5.52. The van der Waals surface area contributed by atoms with Crippen molar-refractivity contribution in [1.82, 2.24) is 4.90 Å². The lowest BCUT2D eigenvalue weighted by molar-refractivity contribution is -0.758. The molecule has 1 aromatic carbocycles. The molecule has 0 radical (unpaired) electrons. The van der Waals surface area contributed by atoms with Crippen LogP contribution >= 0.6 is 0 Å². The van der Waals surface area contributed by atoms with Crippen LogP contribution in [0.3, 0.4) is 0 Å². The topological polar surface area (TPSA) is 225 Å². The molecule has 1 amide bonds. The molecule has 1 N–H and O–H groups in total. The number of nitrogens with one attached hydrogen (secondary N) is 1. The zero-order chi connectivity index (χ0) is 30.1. The molecule has 40 heavy (non-hydrogen) atoms. The predicted octanol–water partition coefficient (Wildman–Crippen LogP) is 0.0355. The highest BCUT2D eigenvalue weighted by atomic mass is 32.2. The Kier molecular flexibility index (Phi) is 15.0. The van der Waals surface area contributed by atoms with Gasteiger partial charge in [-0.25, -0.2) is 13.2 Å². The number of esters is 1. The van der Waals surface area contributed by atoms with Crippen molar-refractivity contribution in [2.24, 2.45) is 0 Å². The molecule has 0 aliphatic heterocycles. The first kappa shape index (κ1) is 34.1. The second-order valence-electron chi connectivity index (χ2n) is 8.18. The quantitative estimate of drug-likeness (QED) is 0.0855. The van der Waals surface area contributed by atoms with E-state index in [9.17, 15) is 38.2 Å². The van der Waals surface area contributed by atoms with E-state index in [1.807, 2.05) is 0 Å². The monoisotopic (exact) mass is 596 g/mol. The van der Waals surface area contributed by atoms with E-state index in [0.29, 0.717) is 11.4 Å². The Morgan fingerprint density at radius 2 is 1.50 bits per heavy atom. The minimum Gasteiger partial charge on any atom is -0.490 e. The Morgan fingerprint density at radius 3 is 2.00 bits per heavy atom. The van der Waals surface area contributed by atoms with Crippen LogP contribution in [0.15, 0.2) is 24.3 Å². The van der Waals surface area contributed by atoms with Crippen LogP contribution in [0.2, 0.25) is 0 Å². The van der Waals surface area contributed by atoms with Gasteiger partial charge in [0.2, 0.25) is 15.9 Å². The first-order chi connectivity index (χ1) is 18.8. The highest BCUT2D eigenvalue weighted by molar-refractivity contribution is 7.92. The number of carbonyl (C=O) groups excluding carboxylic acids is 2. The molecule has 1 rings (SSSR count). The number of sulfonamides is 1. The largest absolute Gasteiger partial charge is 0.490 e. The number of amides is 1. The SMILES string of the molecule is CC(C)N(CC(COc1ccc(NS(C)(=O)=O)cc1)OC(=O)COCCO[N+](=O)[O-])C(=O)COCCO[N+](=O)[O-]. The smallest absolute Gasteiger partial charge is 0.332 e. The van der Waals surface area contributed by atoms with Crippen molar-refractivity contribution in [2.45, 2.75) is 26.0 Å². The van der Waals surface area contributed by atoms with Crippen molar-refractivity contribution < 1.29 is 56.8 Å². The summed E-state index contributed by atoms with van der Waals surface area (Å²) in [5, 5.41) is 18.4. The summed E-state index contributed by atoms with van der Waals surface area (Å²) in [5.74, 6) is -1.03. The Labute approximate surface area is 229 Å². The number of nitrogens with zero attached hydrogens (tertiary/aromatic N) is 3. The third-order valence-electron chi connectivity index (χ3n) is 4.53. The fraction of sp³-hybridized carbons (Fsp3) is 0.619. The lowest BCUT2D eigenvalue weighted by Gasteiger charge is -2.30. The highest BCUT2D eigenvalue weighted by Gasteiger charge is 2.25. The van der Waals surface area contributed by atoms with Crippen LogP contribution in [0.1, 0.15) is 13.8 Å². The summed E-state index contributed by atoms with van der Waals surface area (Å²) in [5.41, 5.74) is 0.302. The van der Waals surface area contributed by atoms with E-state index in [4.69, 9.17) is 18.9 Å². The summed E-state index contributed by atoms with van der Waals surface area (Å²) < 4.78 is 46.2. The van der Waals surface area contributed by atoms with Gasteiger partial charge in [0.1, 0.15) is 38.8 Å². The molecule has 18 nitrogen and oxygen atoms in total. The number of hydrogen-bond acceptors (Lipinski definition) is 14. The number of hydrogen-bond donors (Lipinski definition) is 1. The van der Waals surface area contributed by atoms with E-state index in [0.717, 1.165) is 6.26 Å². The van der Waals surface area contributed by atoms with Crippen molar-refractivity contribution in [3.63, 3.8) is 0 Å². The molecule has 1 aromatic rings. The molecule has 0 saturated heterocycles. The summed E-state index contributed by atoms with van der Waals surface area (Å²) in [7, 11) is -3.47. The number of ether oxygens (including phenoxy) is 4. The van der Waals surface area contributed by atoms with Gasteiger partial charge in [0, 0.05) is 11.7 Å². The van der Waals surface area contributed by atoms with Crippen LogP contribution in [-0.4, -0.2) is 107 Å². The maximum Gasteiger partial charge on any atom is 0.332 e. The zero-order valence-electron chi connectivity index (χ0n) is 22.1. The number of anilines is 1. The molecule has 0 saturated carbocycles. The van der Waals surface area contributed by atoms with Crippen LogP contribution < -0.4 is 9.46 Å². The van der Waals surface area contributed by atoms with Gasteiger partial charge in [-0.1, -0.05) is 0 Å². The predicted molar refractivity (Wildman–Crippen MR) is 135 cm³/mol. The highest BCUT2D eigenvalue weighted by Crippen LogP contribution is 2.17. The standard InChI is InChI=1S/C21H32N4O14S/c1-16(2)23(20(26)14-34-8-10-37-24(28)29)12-19(39-21(27)15-35-9-11-38-25(30)31)13-36-18-6-4-17(5-7-18)22-40(3,32)33/h4-7,16,19,22H,8-15H2,1-3H3. The van der Waals surface area contributed by atoms with Crippen LogP contribution in [0.4, 0.5) is 5.69 Å². The normalized spacial score (nSPS) is 11.8. The first-order valence-electron chi connectivity index (χ1n) is 11.7. The Balaban J connectivity index is 2.82. The van der Waals surface area contributed by atoms with Gasteiger partial charge in [-0.15, -0.1) is 20.2 Å². The fourth-order valence-electron chi connectivity index (χ4n) is 2.93.